The van der Waals surface area contributed by atoms with E-state index in [9.17, 15) is 4.79 Å². The summed E-state index contributed by atoms with van der Waals surface area (Å²) in [6.45, 7) is 1.89. The number of primary amides is 1. The van der Waals surface area contributed by atoms with Crippen molar-refractivity contribution in [2.75, 3.05) is 6.54 Å². The van der Waals surface area contributed by atoms with Crippen LogP contribution in [0.2, 0.25) is 0 Å². The molecule has 0 atom stereocenters. The van der Waals surface area contributed by atoms with Gasteiger partial charge in [0, 0.05) is 6.54 Å². The molecule has 1 saturated carbocycles. The molecule has 3 N–H and O–H groups in total. The Morgan fingerprint density at radius 1 is 1.15 bits per heavy atom. The van der Waals surface area contributed by atoms with E-state index in [0.717, 1.165) is 24.6 Å². The van der Waals surface area contributed by atoms with Gasteiger partial charge in [0.15, 0.2) is 0 Å². The fraction of sp³-hybridized carbons (Fsp3) is 0.588. The smallest absolute Gasteiger partial charge is 0.221 e. The molecule has 0 spiro atoms. The molecule has 0 saturated heterocycles. The zero-order valence-corrected chi connectivity index (χ0v) is 12.2. The number of carbonyl (C=O) groups excluding carboxylic acids is 1. The molecule has 1 amide bonds. The van der Waals surface area contributed by atoms with Crippen LogP contribution in [0.5, 0.6) is 0 Å². The number of nitrogens with two attached hydrogens (primary N) is 1. The zero-order chi connectivity index (χ0) is 14.2. The van der Waals surface area contributed by atoms with Crippen molar-refractivity contribution in [1.82, 2.24) is 5.32 Å². The third-order valence-corrected chi connectivity index (χ3v) is 4.25. The summed E-state index contributed by atoms with van der Waals surface area (Å²) in [6.07, 6.45) is 8.65. The number of benzene rings is 1. The first kappa shape index (κ1) is 15.0. The number of hydrogen-bond acceptors (Lipinski definition) is 2. The van der Waals surface area contributed by atoms with Crippen LogP contribution in [0.4, 0.5) is 0 Å². The van der Waals surface area contributed by atoms with E-state index in [1.165, 1.54) is 44.1 Å². The Balaban J connectivity index is 1.74. The average molecular weight is 274 g/mol. The van der Waals surface area contributed by atoms with Crippen LogP contribution in [0.1, 0.15) is 49.7 Å². The van der Waals surface area contributed by atoms with E-state index in [1.807, 2.05) is 18.2 Å². The second-order valence-electron chi connectivity index (χ2n) is 5.88. The van der Waals surface area contributed by atoms with Gasteiger partial charge in [-0.05, 0) is 30.0 Å². The summed E-state index contributed by atoms with van der Waals surface area (Å²) in [5, 5.41) is 3.51. The van der Waals surface area contributed by atoms with Gasteiger partial charge in [0.1, 0.15) is 0 Å². The van der Waals surface area contributed by atoms with Crippen LogP contribution in [0.3, 0.4) is 0 Å². The summed E-state index contributed by atoms with van der Waals surface area (Å²) in [7, 11) is 0. The summed E-state index contributed by atoms with van der Waals surface area (Å²) in [4.78, 5) is 11.1. The molecule has 0 aromatic heterocycles. The van der Waals surface area contributed by atoms with Gasteiger partial charge in [-0.1, -0.05) is 56.4 Å². The van der Waals surface area contributed by atoms with Crippen molar-refractivity contribution in [1.29, 1.82) is 0 Å². The van der Waals surface area contributed by atoms with Crippen molar-refractivity contribution >= 4 is 5.91 Å². The molecule has 2 rings (SSSR count). The maximum atomic E-state index is 11.1. The molecule has 20 heavy (non-hydrogen) atoms. The highest BCUT2D eigenvalue weighted by molar-refractivity contribution is 5.76. The first-order valence-corrected chi connectivity index (χ1v) is 7.81. The van der Waals surface area contributed by atoms with E-state index in [-0.39, 0.29) is 5.91 Å². The Morgan fingerprint density at radius 3 is 2.55 bits per heavy atom. The molecular weight excluding hydrogens is 248 g/mol. The van der Waals surface area contributed by atoms with E-state index in [0.29, 0.717) is 6.42 Å². The first-order chi connectivity index (χ1) is 9.75. The van der Waals surface area contributed by atoms with Gasteiger partial charge in [-0.3, -0.25) is 4.79 Å². The van der Waals surface area contributed by atoms with Gasteiger partial charge in [0.05, 0.1) is 6.42 Å². The minimum absolute atomic E-state index is 0.264. The lowest BCUT2D eigenvalue weighted by atomic mass is 9.87. The Kier molecular flexibility index (Phi) is 6.06. The van der Waals surface area contributed by atoms with Crippen LogP contribution < -0.4 is 11.1 Å². The predicted octanol–water partition coefficient (Wildman–Crippen LogP) is 2.77. The van der Waals surface area contributed by atoms with E-state index >= 15 is 0 Å². The van der Waals surface area contributed by atoms with Crippen molar-refractivity contribution in [3.63, 3.8) is 0 Å². The van der Waals surface area contributed by atoms with Crippen molar-refractivity contribution in [3.05, 3.63) is 35.4 Å². The number of amides is 1. The van der Waals surface area contributed by atoms with Gasteiger partial charge >= 0.3 is 0 Å². The maximum absolute atomic E-state index is 11.1. The van der Waals surface area contributed by atoms with Gasteiger partial charge < -0.3 is 11.1 Å². The molecule has 0 aliphatic heterocycles. The molecule has 0 unspecified atom stereocenters. The van der Waals surface area contributed by atoms with E-state index in [1.54, 1.807) is 0 Å². The van der Waals surface area contributed by atoms with Crippen LogP contribution in [-0.2, 0) is 17.8 Å². The van der Waals surface area contributed by atoms with E-state index in [4.69, 9.17) is 5.73 Å². The Labute approximate surface area is 121 Å². The van der Waals surface area contributed by atoms with Crippen LogP contribution >= 0.6 is 0 Å². The summed E-state index contributed by atoms with van der Waals surface area (Å²) in [5.41, 5.74) is 7.52. The zero-order valence-electron chi connectivity index (χ0n) is 12.2. The van der Waals surface area contributed by atoms with Gasteiger partial charge in [-0.25, -0.2) is 0 Å². The normalized spacial score (nSPS) is 16.2. The van der Waals surface area contributed by atoms with Crippen molar-refractivity contribution in [3.8, 4) is 0 Å². The molecule has 0 radical (unpaired) electrons. The van der Waals surface area contributed by atoms with Crippen molar-refractivity contribution < 1.29 is 4.79 Å². The van der Waals surface area contributed by atoms with Crippen LogP contribution in [0.15, 0.2) is 24.3 Å². The molecule has 0 heterocycles. The lowest BCUT2D eigenvalue weighted by Gasteiger charge is -2.21. The molecule has 110 valence electrons. The number of nitrogens with one attached hydrogen (secondary N) is 1. The molecular formula is C17H26N2O. The van der Waals surface area contributed by atoms with Crippen LogP contribution in [0.25, 0.3) is 0 Å². The molecule has 1 fully saturated rings. The fourth-order valence-electron chi connectivity index (χ4n) is 3.10. The molecule has 1 aliphatic carbocycles. The lowest BCUT2D eigenvalue weighted by molar-refractivity contribution is -0.117. The minimum atomic E-state index is -0.264. The second-order valence-corrected chi connectivity index (χ2v) is 5.88. The van der Waals surface area contributed by atoms with Crippen LogP contribution in [-0.4, -0.2) is 12.5 Å². The summed E-state index contributed by atoms with van der Waals surface area (Å²) < 4.78 is 0. The van der Waals surface area contributed by atoms with Gasteiger partial charge in [0.25, 0.3) is 0 Å². The predicted molar refractivity (Wildman–Crippen MR) is 82.2 cm³/mol. The third kappa shape index (κ3) is 4.97. The van der Waals surface area contributed by atoms with E-state index < -0.39 is 0 Å². The monoisotopic (exact) mass is 274 g/mol. The Morgan fingerprint density at radius 2 is 1.85 bits per heavy atom. The highest BCUT2D eigenvalue weighted by Crippen LogP contribution is 2.25. The summed E-state index contributed by atoms with van der Waals surface area (Å²) in [6, 6.07) is 8.04. The topological polar surface area (TPSA) is 55.1 Å². The molecule has 1 aromatic carbocycles. The van der Waals surface area contributed by atoms with E-state index in [2.05, 4.69) is 11.4 Å². The lowest BCUT2D eigenvalue weighted by Crippen LogP contribution is -2.21. The number of rotatable bonds is 7. The highest BCUT2D eigenvalue weighted by Gasteiger charge is 2.12. The van der Waals surface area contributed by atoms with Gasteiger partial charge in [-0.15, -0.1) is 0 Å². The average Bonchev–Trinajstić information content (AvgIpc) is 2.46. The van der Waals surface area contributed by atoms with Crippen molar-refractivity contribution in [2.45, 2.75) is 51.5 Å². The third-order valence-electron chi connectivity index (χ3n) is 4.25. The maximum Gasteiger partial charge on any atom is 0.221 e. The van der Waals surface area contributed by atoms with Gasteiger partial charge in [0.2, 0.25) is 5.91 Å². The Hall–Kier alpha value is -1.35. The standard InChI is InChI=1S/C17H26N2O/c18-17(20)12-15-8-4-5-9-16(15)13-19-11-10-14-6-2-1-3-7-14/h4-5,8-9,14,19H,1-3,6-7,10-13H2,(H2,18,20). The molecule has 3 heteroatoms. The van der Waals surface area contributed by atoms with Crippen molar-refractivity contribution in [2.24, 2.45) is 11.7 Å². The second kappa shape index (κ2) is 8.05. The van der Waals surface area contributed by atoms with Gasteiger partial charge in [-0.2, -0.15) is 0 Å². The summed E-state index contributed by atoms with van der Waals surface area (Å²) >= 11 is 0. The molecule has 0 bridgehead atoms. The molecule has 3 nitrogen and oxygen atoms in total. The summed E-state index contributed by atoms with van der Waals surface area (Å²) in [5.74, 6) is 0.650. The Bertz CT molecular complexity index is 425. The first-order valence-electron chi connectivity index (χ1n) is 7.81. The molecule has 1 aromatic rings. The number of carbonyl (C=O) groups is 1. The highest BCUT2D eigenvalue weighted by atomic mass is 16.1. The number of hydrogen-bond donors (Lipinski definition) is 2. The SMILES string of the molecule is NC(=O)Cc1ccccc1CNCCC1CCCCC1. The minimum Gasteiger partial charge on any atom is -0.369 e. The largest absolute Gasteiger partial charge is 0.369 e. The van der Waals surface area contributed by atoms with Crippen LogP contribution in [0, 0.1) is 5.92 Å². The molecule has 1 aliphatic rings. The fourth-order valence-corrected chi connectivity index (χ4v) is 3.10. The quantitative estimate of drug-likeness (QED) is 0.751.